The lowest BCUT2D eigenvalue weighted by molar-refractivity contribution is 0.325. The lowest BCUT2D eigenvalue weighted by Crippen LogP contribution is -2.08. The van der Waals surface area contributed by atoms with E-state index in [1.54, 1.807) is 0 Å². The van der Waals surface area contributed by atoms with Crippen molar-refractivity contribution in [2.75, 3.05) is 0 Å². The van der Waals surface area contributed by atoms with Crippen LogP contribution in [0.3, 0.4) is 0 Å². The van der Waals surface area contributed by atoms with E-state index < -0.39 is 0 Å². The van der Waals surface area contributed by atoms with Crippen LogP contribution in [0.15, 0.2) is 12.3 Å². The van der Waals surface area contributed by atoms with Gasteiger partial charge in [-0.3, -0.25) is 4.98 Å². The number of aromatic nitrogens is 1. The van der Waals surface area contributed by atoms with Gasteiger partial charge in [-0.05, 0) is 55.7 Å². The maximum absolute atomic E-state index is 4.37. The van der Waals surface area contributed by atoms with Crippen LogP contribution < -0.4 is 0 Å². The van der Waals surface area contributed by atoms with Crippen molar-refractivity contribution in [2.24, 2.45) is 5.92 Å². The number of aryl methyl sites for hydroxylation is 2. The molecule has 0 spiro atoms. The zero-order valence-corrected chi connectivity index (χ0v) is 12.2. The lowest BCUT2D eigenvalue weighted by atomic mass is 9.83. The molecule has 0 bridgehead atoms. The van der Waals surface area contributed by atoms with Gasteiger partial charge < -0.3 is 0 Å². The Kier molecular flexibility index (Phi) is 4.79. The minimum absolute atomic E-state index is 0.689. The first kappa shape index (κ1) is 13.6. The van der Waals surface area contributed by atoms with Crippen LogP contribution in [0.2, 0.25) is 0 Å². The molecule has 1 aliphatic carbocycles. The first-order valence-electron chi connectivity index (χ1n) is 7.60. The first-order chi connectivity index (χ1) is 8.66. The molecule has 1 fully saturated rings. The van der Waals surface area contributed by atoms with E-state index in [1.807, 2.05) is 6.20 Å². The van der Waals surface area contributed by atoms with Crippen molar-refractivity contribution < 1.29 is 0 Å². The summed E-state index contributed by atoms with van der Waals surface area (Å²) in [5.41, 5.74) is 4.02. The van der Waals surface area contributed by atoms with Gasteiger partial charge in [-0.1, -0.05) is 39.0 Å². The number of pyridine rings is 1. The molecular weight excluding hydrogens is 218 g/mol. The summed E-state index contributed by atoms with van der Waals surface area (Å²) in [6.07, 6.45) is 12.1. The van der Waals surface area contributed by atoms with Crippen molar-refractivity contribution in [2.45, 2.75) is 71.6 Å². The minimum atomic E-state index is 0.689. The zero-order valence-electron chi connectivity index (χ0n) is 12.2. The molecule has 1 heterocycles. The molecule has 1 aromatic rings. The van der Waals surface area contributed by atoms with Crippen LogP contribution in [0.5, 0.6) is 0 Å². The number of nitrogens with zero attached hydrogens (tertiary/aromatic N) is 1. The van der Waals surface area contributed by atoms with Gasteiger partial charge in [0.1, 0.15) is 0 Å². The fourth-order valence-electron chi connectivity index (χ4n) is 3.30. The van der Waals surface area contributed by atoms with Crippen LogP contribution in [0.1, 0.15) is 74.6 Å². The van der Waals surface area contributed by atoms with Crippen LogP contribution in [0, 0.1) is 19.8 Å². The van der Waals surface area contributed by atoms with Crippen LogP contribution in [-0.2, 0) is 0 Å². The lowest BCUT2D eigenvalue weighted by Gasteiger charge is -2.23. The van der Waals surface area contributed by atoms with Crippen LogP contribution >= 0.6 is 0 Å². The van der Waals surface area contributed by atoms with Crippen molar-refractivity contribution >= 4 is 0 Å². The van der Waals surface area contributed by atoms with Gasteiger partial charge in [-0.2, -0.15) is 0 Å². The van der Waals surface area contributed by atoms with Gasteiger partial charge in [0.25, 0.3) is 0 Å². The predicted molar refractivity (Wildman–Crippen MR) is 77.9 cm³/mol. The molecule has 1 heteroatoms. The Balaban J connectivity index is 1.90. The van der Waals surface area contributed by atoms with Gasteiger partial charge >= 0.3 is 0 Å². The molecule has 2 rings (SSSR count). The number of hydrogen-bond donors (Lipinski definition) is 0. The van der Waals surface area contributed by atoms with Gasteiger partial charge in [0.15, 0.2) is 0 Å². The third-order valence-electron chi connectivity index (χ3n) is 4.55. The highest BCUT2D eigenvalue weighted by atomic mass is 14.7. The molecule has 0 N–H and O–H groups in total. The average Bonchev–Trinajstić information content (AvgIpc) is 2.40. The van der Waals surface area contributed by atoms with Crippen molar-refractivity contribution in [1.29, 1.82) is 0 Å². The summed E-state index contributed by atoms with van der Waals surface area (Å²) >= 11 is 0. The Bertz CT molecular complexity index is 377. The molecule has 1 unspecified atom stereocenters. The van der Waals surface area contributed by atoms with E-state index in [0.29, 0.717) is 5.92 Å². The fourth-order valence-corrected chi connectivity index (χ4v) is 3.30. The van der Waals surface area contributed by atoms with Crippen LogP contribution in [0.25, 0.3) is 0 Å². The van der Waals surface area contributed by atoms with E-state index in [0.717, 1.165) is 11.6 Å². The monoisotopic (exact) mass is 245 g/mol. The summed E-state index contributed by atoms with van der Waals surface area (Å²) in [6.45, 7) is 6.67. The Hall–Kier alpha value is -0.850. The van der Waals surface area contributed by atoms with Crippen molar-refractivity contribution in [3.63, 3.8) is 0 Å². The Labute approximate surface area is 112 Å². The Morgan fingerprint density at radius 1 is 1.22 bits per heavy atom. The number of rotatable bonds is 4. The molecule has 1 atom stereocenters. The van der Waals surface area contributed by atoms with Crippen LogP contribution in [-0.4, -0.2) is 4.98 Å². The van der Waals surface area contributed by atoms with E-state index in [9.17, 15) is 0 Å². The molecule has 1 aliphatic rings. The van der Waals surface area contributed by atoms with Gasteiger partial charge in [0.05, 0.1) is 0 Å². The molecule has 0 aromatic carbocycles. The third kappa shape index (κ3) is 3.57. The fraction of sp³-hybridized carbons (Fsp3) is 0.706. The summed E-state index contributed by atoms with van der Waals surface area (Å²) in [4.78, 5) is 4.37. The summed E-state index contributed by atoms with van der Waals surface area (Å²) in [7, 11) is 0. The highest BCUT2D eigenvalue weighted by molar-refractivity contribution is 5.28. The van der Waals surface area contributed by atoms with E-state index in [2.05, 4.69) is 31.8 Å². The van der Waals surface area contributed by atoms with Crippen molar-refractivity contribution in [3.05, 3.63) is 29.1 Å². The van der Waals surface area contributed by atoms with E-state index in [1.165, 1.54) is 56.1 Å². The normalized spacial score (nSPS) is 18.8. The predicted octanol–water partition coefficient (Wildman–Crippen LogP) is 5.16. The largest absolute Gasteiger partial charge is 0.261 e. The summed E-state index contributed by atoms with van der Waals surface area (Å²) < 4.78 is 0. The minimum Gasteiger partial charge on any atom is -0.261 e. The van der Waals surface area contributed by atoms with Gasteiger partial charge in [-0.15, -0.1) is 0 Å². The molecule has 1 saturated carbocycles. The maximum atomic E-state index is 4.37. The molecule has 0 radical (unpaired) electrons. The molecule has 1 nitrogen and oxygen atoms in total. The van der Waals surface area contributed by atoms with E-state index >= 15 is 0 Å². The smallest absolute Gasteiger partial charge is 0.0375 e. The second kappa shape index (κ2) is 6.36. The second-order valence-corrected chi connectivity index (χ2v) is 6.16. The summed E-state index contributed by atoms with van der Waals surface area (Å²) in [5.74, 6) is 1.69. The first-order valence-corrected chi connectivity index (χ1v) is 7.60. The molecular formula is C17H27N. The quantitative estimate of drug-likeness (QED) is 0.713. The summed E-state index contributed by atoms with van der Waals surface area (Å²) in [6, 6.07) is 2.28. The molecule has 0 aliphatic heterocycles. The van der Waals surface area contributed by atoms with Gasteiger partial charge in [-0.25, -0.2) is 0 Å². The standard InChI is InChI=1S/C17H27N/c1-13(9-10-16-7-5-4-6-8-16)17-11-15(3)18-12-14(17)2/h11-13,16H,4-10H2,1-3H3. The molecule has 0 saturated heterocycles. The highest BCUT2D eigenvalue weighted by Gasteiger charge is 2.16. The molecule has 0 amide bonds. The molecule has 18 heavy (non-hydrogen) atoms. The van der Waals surface area contributed by atoms with E-state index in [-0.39, 0.29) is 0 Å². The SMILES string of the molecule is Cc1cc(C(C)CCC2CCCCC2)c(C)cn1. The van der Waals surface area contributed by atoms with Crippen molar-refractivity contribution in [3.8, 4) is 0 Å². The topological polar surface area (TPSA) is 12.9 Å². The third-order valence-corrected chi connectivity index (χ3v) is 4.55. The molecule has 1 aromatic heterocycles. The summed E-state index contributed by atoms with van der Waals surface area (Å²) in [5, 5.41) is 0. The Morgan fingerprint density at radius 3 is 2.67 bits per heavy atom. The molecule has 100 valence electrons. The van der Waals surface area contributed by atoms with Crippen LogP contribution in [0.4, 0.5) is 0 Å². The Morgan fingerprint density at radius 2 is 1.94 bits per heavy atom. The second-order valence-electron chi connectivity index (χ2n) is 6.16. The zero-order chi connectivity index (χ0) is 13.0. The van der Waals surface area contributed by atoms with Crippen molar-refractivity contribution in [1.82, 2.24) is 4.98 Å². The maximum Gasteiger partial charge on any atom is 0.0375 e. The van der Waals surface area contributed by atoms with Gasteiger partial charge in [0.2, 0.25) is 0 Å². The average molecular weight is 245 g/mol. The van der Waals surface area contributed by atoms with Gasteiger partial charge in [0, 0.05) is 11.9 Å². The number of hydrogen-bond acceptors (Lipinski definition) is 1. The highest BCUT2D eigenvalue weighted by Crippen LogP contribution is 2.31. The van der Waals surface area contributed by atoms with E-state index in [4.69, 9.17) is 0 Å².